The predicted molar refractivity (Wildman–Crippen MR) is 204 cm³/mol. The monoisotopic (exact) mass is 655 g/mol. The second-order valence-corrected chi connectivity index (χ2v) is 14.5. The number of piperidine rings is 1. The van der Waals surface area contributed by atoms with Gasteiger partial charge in [-0.25, -0.2) is 0 Å². The van der Waals surface area contributed by atoms with E-state index in [-0.39, 0.29) is 5.43 Å². The van der Waals surface area contributed by atoms with Crippen LogP contribution < -0.4 is 10.2 Å². The molecule has 4 rings (SSSR count). The van der Waals surface area contributed by atoms with E-state index in [4.69, 9.17) is 4.74 Å². The van der Waals surface area contributed by atoms with Crippen LogP contribution in [0.2, 0.25) is 0 Å². The van der Waals surface area contributed by atoms with Crippen molar-refractivity contribution < 1.29 is 4.74 Å². The fourth-order valence-corrected chi connectivity index (χ4v) is 7.28. The molecular formula is C44H66N2O2. The van der Waals surface area contributed by atoms with Crippen LogP contribution in [0.3, 0.4) is 0 Å². The zero-order valence-corrected chi connectivity index (χ0v) is 30.4. The van der Waals surface area contributed by atoms with Gasteiger partial charge < -0.3 is 9.30 Å². The SMILES string of the molecule is CCCCCCCCCCCCCCCCCCOc1cn(Cc2ccccc2)c(CN2CCC(CCc3ccccc3)CC2)cc1=O. The zero-order valence-electron chi connectivity index (χ0n) is 30.4. The molecule has 3 aromatic rings. The number of ether oxygens (including phenoxy) is 1. The summed E-state index contributed by atoms with van der Waals surface area (Å²) in [5, 5.41) is 0. The van der Waals surface area contributed by atoms with Crippen molar-refractivity contribution in [1.29, 1.82) is 0 Å². The van der Waals surface area contributed by atoms with Gasteiger partial charge in [0.2, 0.25) is 5.43 Å². The minimum absolute atomic E-state index is 0.0172. The first kappa shape index (κ1) is 38.0. The molecule has 4 heteroatoms. The Hall–Kier alpha value is -2.85. The molecule has 48 heavy (non-hydrogen) atoms. The minimum Gasteiger partial charge on any atom is -0.488 e. The Kier molecular flexibility index (Phi) is 18.6. The van der Waals surface area contributed by atoms with Crippen LogP contribution in [-0.4, -0.2) is 29.2 Å². The molecule has 4 nitrogen and oxygen atoms in total. The molecule has 0 unspecified atom stereocenters. The van der Waals surface area contributed by atoms with Crippen molar-refractivity contribution >= 4 is 0 Å². The number of benzene rings is 2. The normalized spacial score (nSPS) is 14.0. The second kappa shape index (κ2) is 23.5. The van der Waals surface area contributed by atoms with Gasteiger partial charge >= 0.3 is 0 Å². The van der Waals surface area contributed by atoms with E-state index >= 15 is 0 Å². The minimum atomic E-state index is 0.0172. The average Bonchev–Trinajstić information content (AvgIpc) is 3.12. The van der Waals surface area contributed by atoms with Crippen molar-refractivity contribution in [2.75, 3.05) is 19.7 Å². The topological polar surface area (TPSA) is 34.5 Å². The molecule has 2 heterocycles. The number of aryl methyl sites for hydroxylation is 1. The molecule has 0 N–H and O–H groups in total. The van der Waals surface area contributed by atoms with E-state index in [0.29, 0.717) is 12.4 Å². The summed E-state index contributed by atoms with van der Waals surface area (Å²) in [6.07, 6.45) is 28.6. The third-order valence-electron chi connectivity index (χ3n) is 10.4. The number of likely N-dealkylation sites (tertiary alicyclic amines) is 1. The molecule has 0 atom stereocenters. The third kappa shape index (κ3) is 15.1. The van der Waals surface area contributed by atoms with Gasteiger partial charge in [-0.15, -0.1) is 0 Å². The van der Waals surface area contributed by atoms with Crippen LogP contribution in [-0.2, 0) is 19.5 Å². The fraction of sp³-hybridized carbons (Fsp3) is 0.614. The summed E-state index contributed by atoms with van der Waals surface area (Å²) in [7, 11) is 0. The second-order valence-electron chi connectivity index (χ2n) is 14.5. The van der Waals surface area contributed by atoms with Gasteiger partial charge in [0, 0.05) is 24.8 Å². The van der Waals surface area contributed by atoms with Gasteiger partial charge in [0.1, 0.15) is 0 Å². The zero-order chi connectivity index (χ0) is 33.5. The first-order valence-corrected chi connectivity index (χ1v) is 19.9. The molecular weight excluding hydrogens is 588 g/mol. The highest BCUT2D eigenvalue weighted by Crippen LogP contribution is 2.24. The van der Waals surface area contributed by atoms with Crippen LogP contribution in [0.25, 0.3) is 0 Å². The molecule has 2 aromatic carbocycles. The summed E-state index contributed by atoms with van der Waals surface area (Å²) in [6.45, 7) is 6.66. The van der Waals surface area contributed by atoms with Crippen molar-refractivity contribution in [3.8, 4) is 5.75 Å². The average molecular weight is 655 g/mol. The van der Waals surface area contributed by atoms with Crippen LogP contribution in [0.4, 0.5) is 0 Å². The summed E-state index contributed by atoms with van der Waals surface area (Å²) in [5.41, 5.74) is 3.79. The molecule has 1 aliphatic rings. The van der Waals surface area contributed by atoms with Crippen molar-refractivity contribution in [3.05, 3.63) is 100.0 Å². The molecule has 0 radical (unpaired) electrons. The standard InChI is InChI=1S/C44H66N2O2/c1-2-3-4-5-6-7-8-9-10-11-12-13-14-15-16-23-34-48-44-38-46(36-41-26-21-18-22-27-41)42(35-43(44)47)37-45-32-30-40(31-33-45)29-28-39-24-19-17-20-25-39/h17-22,24-27,35,38,40H,2-16,23,28-34,36-37H2,1H3. The molecule has 1 aromatic heterocycles. The van der Waals surface area contributed by atoms with Crippen LogP contribution in [0.15, 0.2) is 77.7 Å². The number of nitrogens with zero attached hydrogens (tertiary/aromatic N) is 2. The van der Waals surface area contributed by atoms with Crippen molar-refractivity contribution in [2.45, 2.75) is 148 Å². The summed E-state index contributed by atoms with van der Waals surface area (Å²) in [6, 6.07) is 23.3. The van der Waals surface area contributed by atoms with Gasteiger partial charge in [0.05, 0.1) is 12.8 Å². The lowest BCUT2D eigenvalue weighted by Crippen LogP contribution is -2.34. The molecule has 1 fully saturated rings. The summed E-state index contributed by atoms with van der Waals surface area (Å²) in [4.78, 5) is 15.7. The van der Waals surface area contributed by atoms with Gasteiger partial charge in [-0.3, -0.25) is 9.69 Å². The maximum absolute atomic E-state index is 13.2. The Balaban J connectivity index is 1.14. The number of pyridine rings is 1. The van der Waals surface area contributed by atoms with Gasteiger partial charge in [0.25, 0.3) is 0 Å². The van der Waals surface area contributed by atoms with E-state index in [1.54, 1.807) is 0 Å². The maximum atomic E-state index is 13.2. The summed E-state index contributed by atoms with van der Waals surface area (Å²) < 4.78 is 8.36. The number of hydrogen-bond acceptors (Lipinski definition) is 3. The van der Waals surface area contributed by atoms with Crippen LogP contribution in [0, 0.1) is 5.92 Å². The third-order valence-corrected chi connectivity index (χ3v) is 10.4. The van der Waals surface area contributed by atoms with Crippen molar-refractivity contribution in [1.82, 2.24) is 9.47 Å². The Labute approximate surface area is 293 Å². The highest BCUT2D eigenvalue weighted by Gasteiger charge is 2.21. The largest absolute Gasteiger partial charge is 0.488 e. The highest BCUT2D eigenvalue weighted by atomic mass is 16.5. The lowest BCUT2D eigenvalue weighted by molar-refractivity contribution is 0.169. The highest BCUT2D eigenvalue weighted by molar-refractivity contribution is 5.24. The predicted octanol–water partition coefficient (Wildman–Crippen LogP) is 11.4. The first-order valence-electron chi connectivity index (χ1n) is 19.9. The molecule has 1 saturated heterocycles. The Morgan fingerprint density at radius 2 is 1.17 bits per heavy atom. The summed E-state index contributed by atoms with van der Waals surface area (Å²) in [5.74, 6) is 1.28. The van der Waals surface area contributed by atoms with Crippen LogP contribution in [0.1, 0.15) is 146 Å². The Bertz CT molecular complexity index is 1280. The van der Waals surface area contributed by atoms with E-state index in [2.05, 4.69) is 77.1 Å². The smallest absolute Gasteiger partial charge is 0.223 e. The Morgan fingerprint density at radius 3 is 1.73 bits per heavy atom. The molecule has 0 saturated carbocycles. The van der Waals surface area contributed by atoms with Gasteiger partial charge in [-0.05, 0) is 62.2 Å². The summed E-state index contributed by atoms with van der Waals surface area (Å²) >= 11 is 0. The van der Waals surface area contributed by atoms with Crippen LogP contribution in [0.5, 0.6) is 5.75 Å². The fourth-order valence-electron chi connectivity index (χ4n) is 7.28. The maximum Gasteiger partial charge on any atom is 0.223 e. The van der Waals surface area contributed by atoms with Crippen molar-refractivity contribution in [2.24, 2.45) is 5.92 Å². The van der Waals surface area contributed by atoms with E-state index in [1.165, 1.54) is 133 Å². The van der Waals surface area contributed by atoms with Gasteiger partial charge in [0.15, 0.2) is 5.75 Å². The number of hydrogen-bond donors (Lipinski definition) is 0. The molecule has 1 aliphatic heterocycles. The van der Waals surface area contributed by atoms with Gasteiger partial charge in [-0.1, -0.05) is 164 Å². The molecule has 0 spiro atoms. The molecule has 0 amide bonds. The molecule has 0 aliphatic carbocycles. The lowest BCUT2D eigenvalue weighted by Gasteiger charge is -2.32. The number of rotatable bonds is 25. The number of aromatic nitrogens is 1. The van der Waals surface area contributed by atoms with Crippen molar-refractivity contribution in [3.63, 3.8) is 0 Å². The first-order chi connectivity index (χ1) is 23.7. The van der Waals surface area contributed by atoms with E-state index < -0.39 is 0 Å². The lowest BCUT2D eigenvalue weighted by atomic mass is 9.90. The van der Waals surface area contributed by atoms with E-state index in [1.807, 2.05) is 12.3 Å². The Morgan fingerprint density at radius 1 is 0.646 bits per heavy atom. The van der Waals surface area contributed by atoms with E-state index in [9.17, 15) is 4.79 Å². The molecule has 264 valence electrons. The van der Waals surface area contributed by atoms with Gasteiger partial charge in [-0.2, -0.15) is 0 Å². The number of unbranched alkanes of at least 4 members (excludes halogenated alkanes) is 15. The van der Waals surface area contributed by atoms with E-state index in [0.717, 1.165) is 44.2 Å². The molecule has 0 bridgehead atoms. The van der Waals surface area contributed by atoms with Crippen LogP contribution >= 0.6 is 0 Å². The quantitative estimate of drug-likeness (QED) is 0.0853.